The molecule has 29 heavy (non-hydrogen) atoms. The Morgan fingerprint density at radius 3 is 2.31 bits per heavy atom. The molecule has 0 saturated heterocycles. The molecule has 0 aliphatic heterocycles. The van der Waals surface area contributed by atoms with E-state index in [1.54, 1.807) is 12.1 Å². The first kappa shape index (κ1) is 21.0. The first-order chi connectivity index (χ1) is 13.6. The highest BCUT2D eigenvalue weighted by atomic mass is 32.2. The van der Waals surface area contributed by atoms with Gasteiger partial charge >= 0.3 is 6.18 Å². The first-order valence-electron chi connectivity index (χ1n) is 8.30. The van der Waals surface area contributed by atoms with Crippen molar-refractivity contribution >= 4 is 43.8 Å². The molecule has 0 aliphatic rings. The van der Waals surface area contributed by atoms with Gasteiger partial charge in [0.1, 0.15) is 0 Å². The molecule has 10 heteroatoms. The number of rotatable bonds is 6. The topological polar surface area (TPSA) is 80.3 Å². The van der Waals surface area contributed by atoms with Gasteiger partial charge in [0.15, 0.2) is 0 Å². The van der Waals surface area contributed by atoms with Gasteiger partial charge in [-0.25, -0.2) is 13.1 Å². The molecule has 2 aromatic carbocycles. The standard InChI is InChI=1S/C19H14F3NO4S2/c20-19(21,22)17(24)15-8-9-16(28-15)18(25)23-29(26,27)11-10-13-6-3-5-12-4-1-2-7-14(12)13/h1-9H,10-11H2,(H,23,25). The predicted molar refractivity (Wildman–Crippen MR) is 104 cm³/mol. The molecule has 0 bridgehead atoms. The summed E-state index contributed by atoms with van der Waals surface area (Å²) in [5.41, 5.74) is 0.787. The van der Waals surface area contributed by atoms with Crippen molar-refractivity contribution in [2.75, 3.05) is 5.75 Å². The number of hydrogen-bond acceptors (Lipinski definition) is 5. The fourth-order valence-corrected chi connectivity index (χ4v) is 4.63. The number of thiophene rings is 1. The summed E-state index contributed by atoms with van der Waals surface area (Å²) in [5, 5.41) is 1.84. The fourth-order valence-electron chi connectivity index (χ4n) is 2.72. The number of Topliss-reactive ketones (excluding diaryl/α,β-unsaturated/α-hetero) is 1. The highest BCUT2D eigenvalue weighted by Gasteiger charge is 2.40. The van der Waals surface area contributed by atoms with Gasteiger partial charge in [-0.2, -0.15) is 13.2 Å². The van der Waals surface area contributed by atoms with E-state index >= 15 is 0 Å². The van der Waals surface area contributed by atoms with Crippen LogP contribution in [0.1, 0.15) is 24.9 Å². The molecule has 0 atom stereocenters. The van der Waals surface area contributed by atoms with Crippen LogP contribution < -0.4 is 4.72 Å². The summed E-state index contributed by atoms with van der Waals surface area (Å²) in [4.78, 5) is 22.3. The lowest BCUT2D eigenvalue weighted by Gasteiger charge is -2.08. The number of benzene rings is 2. The number of halogens is 3. The van der Waals surface area contributed by atoms with E-state index < -0.39 is 32.8 Å². The van der Waals surface area contributed by atoms with Gasteiger partial charge in [0, 0.05) is 0 Å². The van der Waals surface area contributed by atoms with Crippen molar-refractivity contribution in [3.63, 3.8) is 0 Å². The van der Waals surface area contributed by atoms with Gasteiger partial charge in [0.05, 0.1) is 15.5 Å². The summed E-state index contributed by atoms with van der Waals surface area (Å²) in [6.07, 6.45) is -4.92. The Morgan fingerprint density at radius 1 is 0.931 bits per heavy atom. The van der Waals surface area contributed by atoms with Gasteiger partial charge in [-0.1, -0.05) is 42.5 Å². The highest BCUT2D eigenvalue weighted by molar-refractivity contribution is 7.90. The van der Waals surface area contributed by atoms with Crippen LogP contribution in [0, 0.1) is 0 Å². The molecule has 3 aromatic rings. The lowest BCUT2D eigenvalue weighted by molar-refractivity contribution is -0.0882. The van der Waals surface area contributed by atoms with Crippen molar-refractivity contribution in [2.45, 2.75) is 12.6 Å². The Morgan fingerprint density at radius 2 is 1.59 bits per heavy atom. The lowest BCUT2D eigenvalue weighted by Crippen LogP contribution is -2.32. The number of sulfonamides is 1. The normalized spacial score (nSPS) is 12.1. The first-order valence-corrected chi connectivity index (χ1v) is 10.8. The maximum Gasteiger partial charge on any atom is 0.455 e. The van der Waals surface area contributed by atoms with E-state index in [2.05, 4.69) is 0 Å². The number of ketones is 1. The SMILES string of the molecule is O=C(NS(=O)(=O)CCc1cccc2ccccc12)c1ccc(C(=O)C(F)(F)F)s1. The Kier molecular flexibility index (Phi) is 5.76. The van der Waals surface area contributed by atoms with E-state index in [1.165, 1.54) is 0 Å². The molecular formula is C19H14F3NO4S2. The van der Waals surface area contributed by atoms with E-state index in [9.17, 15) is 31.2 Å². The van der Waals surface area contributed by atoms with Gasteiger partial charge in [0.25, 0.3) is 11.7 Å². The average Bonchev–Trinajstić information content (AvgIpc) is 3.15. The second-order valence-corrected chi connectivity index (χ2v) is 9.05. The lowest BCUT2D eigenvalue weighted by atomic mass is 10.0. The van der Waals surface area contributed by atoms with Crippen LogP contribution in [0.5, 0.6) is 0 Å². The Hall–Kier alpha value is -2.72. The zero-order valence-corrected chi connectivity index (χ0v) is 16.3. The van der Waals surface area contributed by atoms with Gasteiger partial charge < -0.3 is 0 Å². The quantitative estimate of drug-likeness (QED) is 0.588. The van der Waals surface area contributed by atoms with Crippen molar-refractivity contribution in [1.29, 1.82) is 0 Å². The summed E-state index contributed by atoms with van der Waals surface area (Å²) in [5.74, 6) is -3.54. The van der Waals surface area contributed by atoms with Gasteiger partial charge in [-0.05, 0) is 34.9 Å². The van der Waals surface area contributed by atoms with Gasteiger partial charge in [-0.15, -0.1) is 11.3 Å². The summed E-state index contributed by atoms with van der Waals surface area (Å²) in [6, 6.07) is 14.8. The number of fused-ring (bicyclic) bond motifs is 1. The van der Waals surface area contributed by atoms with Crippen LogP contribution in [0.3, 0.4) is 0 Å². The zero-order valence-electron chi connectivity index (χ0n) is 14.7. The molecule has 0 saturated carbocycles. The fraction of sp³-hybridized carbons (Fsp3) is 0.158. The molecule has 0 spiro atoms. The number of aryl methyl sites for hydroxylation is 1. The van der Waals surface area contributed by atoms with Crippen LogP contribution in [-0.4, -0.2) is 32.0 Å². The molecule has 1 heterocycles. The molecule has 1 amide bonds. The largest absolute Gasteiger partial charge is 0.455 e. The van der Waals surface area contributed by atoms with Crippen LogP contribution >= 0.6 is 11.3 Å². The minimum absolute atomic E-state index is 0.145. The molecule has 0 aliphatic carbocycles. The molecule has 152 valence electrons. The minimum Gasteiger partial charge on any atom is -0.283 e. The molecule has 0 radical (unpaired) electrons. The number of carbonyl (C=O) groups excluding carboxylic acids is 2. The Bertz CT molecular complexity index is 1180. The maximum atomic E-state index is 12.4. The van der Waals surface area contributed by atoms with Crippen LogP contribution in [0.4, 0.5) is 13.2 Å². The third-order valence-corrected chi connectivity index (χ3v) is 6.40. The second-order valence-electron chi connectivity index (χ2n) is 6.13. The number of carbonyl (C=O) groups is 2. The van der Waals surface area contributed by atoms with Crippen LogP contribution in [0.2, 0.25) is 0 Å². The van der Waals surface area contributed by atoms with Crippen molar-refractivity contribution in [3.8, 4) is 0 Å². The van der Waals surface area contributed by atoms with E-state index in [0.29, 0.717) is 0 Å². The molecule has 5 nitrogen and oxygen atoms in total. The second kappa shape index (κ2) is 7.96. The van der Waals surface area contributed by atoms with E-state index in [0.717, 1.165) is 28.5 Å². The number of hydrogen-bond donors (Lipinski definition) is 1. The van der Waals surface area contributed by atoms with E-state index in [-0.39, 0.29) is 28.4 Å². The summed E-state index contributed by atoms with van der Waals surface area (Å²) >= 11 is 0.287. The van der Waals surface area contributed by atoms with E-state index in [4.69, 9.17) is 0 Å². The van der Waals surface area contributed by atoms with Crippen LogP contribution in [0.15, 0.2) is 54.6 Å². The van der Waals surface area contributed by atoms with Crippen molar-refractivity contribution in [1.82, 2.24) is 4.72 Å². The van der Waals surface area contributed by atoms with Gasteiger partial charge in [-0.3, -0.25) is 9.59 Å². The molecule has 1 aromatic heterocycles. The predicted octanol–water partition coefficient (Wildman–Crippen LogP) is 3.95. The third-order valence-electron chi connectivity index (χ3n) is 4.08. The van der Waals surface area contributed by atoms with Crippen LogP contribution in [0.25, 0.3) is 10.8 Å². The average molecular weight is 441 g/mol. The molecule has 1 N–H and O–H groups in total. The molecular weight excluding hydrogens is 427 g/mol. The molecule has 0 unspecified atom stereocenters. The third kappa shape index (κ3) is 5.01. The minimum atomic E-state index is -5.07. The zero-order chi connectivity index (χ0) is 21.2. The van der Waals surface area contributed by atoms with Crippen molar-refractivity contribution in [3.05, 3.63) is 69.9 Å². The summed E-state index contributed by atoms with van der Waals surface area (Å²) < 4.78 is 63.7. The highest BCUT2D eigenvalue weighted by Crippen LogP contribution is 2.26. The molecule has 0 fully saturated rings. The summed E-state index contributed by atoms with van der Waals surface area (Å²) in [6.45, 7) is 0. The maximum absolute atomic E-state index is 12.4. The Labute approximate surface area is 168 Å². The number of nitrogens with one attached hydrogen (secondary N) is 1. The van der Waals surface area contributed by atoms with Crippen molar-refractivity contribution < 1.29 is 31.2 Å². The Balaban J connectivity index is 1.69. The van der Waals surface area contributed by atoms with E-state index in [1.807, 2.05) is 35.1 Å². The number of alkyl halides is 3. The van der Waals surface area contributed by atoms with Crippen molar-refractivity contribution in [2.24, 2.45) is 0 Å². The smallest absolute Gasteiger partial charge is 0.283 e. The van der Waals surface area contributed by atoms with Gasteiger partial charge in [0.2, 0.25) is 10.0 Å². The molecule has 3 rings (SSSR count). The summed E-state index contributed by atoms with van der Waals surface area (Å²) in [7, 11) is -4.04. The number of amides is 1. The monoisotopic (exact) mass is 441 g/mol. The van der Waals surface area contributed by atoms with Crippen LogP contribution in [-0.2, 0) is 16.4 Å².